The molecule has 0 bridgehead atoms. The summed E-state index contributed by atoms with van der Waals surface area (Å²) in [5.41, 5.74) is 1.21. The van der Waals surface area contributed by atoms with E-state index in [1.807, 2.05) is 25.1 Å². The molecule has 9 heteroatoms. The fourth-order valence-corrected chi connectivity index (χ4v) is 4.14. The number of hydrogen-bond acceptors (Lipinski definition) is 6. The van der Waals surface area contributed by atoms with E-state index in [2.05, 4.69) is 15.9 Å². The minimum atomic E-state index is -0.490. The van der Waals surface area contributed by atoms with E-state index < -0.39 is 4.92 Å². The predicted octanol–water partition coefficient (Wildman–Crippen LogP) is 5.16. The van der Waals surface area contributed by atoms with E-state index in [1.54, 1.807) is 6.08 Å². The quantitative estimate of drug-likeness (QED) is 0.263. The van der Waals surface area contributed by atoms with Crippen LogP contribution in [0.1, 0.15) is 12.5 Å². The molecule has 0 aliphatic carbocycles. The maximum absolute atomic E-state index is 12.9. The van der Waals surface area contributed by atoms with E-state index in [0.717, 1.165) is 10.0 Å². The van der Waals surface area contributed by atoms with Gasteiger partial charge in [0, 0.05) is 22.2 Å². The molecule has 0 atom stereocenters. The first kappa shape index (κ1) is 19.5. The summed E-state index contributed by atoms with van der Waals surface area (Å²) in [6.45, 7) is 2.39. The van der Waals surface area contributed by atoms with E-state index in [-0.39, 0.29) is 11.6 Å². The Morgan fingerprint density at radius 1 is 1.30 bits per heavy atom. The lowest BCUT2D eigenvalue weighted by molar-refractivity contribution is -0.384. The lowest BCUT2D eigenvalue weighted by atomic mass is 10.2. The maximum Gasteiger partial charge on any atom is 0.270 e. The Bertz CT molecular complexity index is 960. The van der Waals surface area contributed by atoms with Crippen LogP contribution in [-0.2, 0) is 4.79 Å². The van der Waals surface area contributed by atoms with Crippen LogP contribution in [0.25, 0.3) is 6.08 Å². The second kappa shape index (κ2) is 8.20. The van der Waals surface area contributed by atoms with Crippen LogP contribution in [0.4, 0.5) is 11.4 Å². The molecule has 0 spiro atoms. The standard InChI is InChI=1S/C18H13BrN2O4S2/c1-2-25-15-8-3-12(19)9-11(15)10-16-17(22)20(18(26)27-16)13-4-6-14(7-5-13)21(23)24/h3-10H,2H2,1H3/b16-10-. The van der Waals surface area contributed by atoms with Gasteiger partial charge in [0.25, 0.3) is 11.6 Å². The van der Waals surface area contributed by atoms with Crippen molar-refractivity contribution in [3.8, 4) is 5.75 Å². The molecule has 6 nitrogen and oxygen atoms in total. The first-order valence-corrected chi connectivity index (χ1v) is 9.87. The average Bonchev–Trinajstić information content (AvgIpc) is 2.91. The van der Waals surface area contributed by atoms with Gasteiger partial charge in [0.15, 0.2) is 4.32 Å². The number of benzene rings is 2. The first-order valence-electron chi connectivity index (χ1n) is 7.85. The van der Waals surface area contributed by atoms with Crippen LogP contribution in [0.15, 0.2) is 51.8 Å². The minimum Gasteiger partial charge on any atom is -0.493 e. The van der Waals surface area contributed by atoms with Gasteiger partial charge in [-0.05, 0) is 43.3 Å². The average molecular weight is 465 g/mol. The highest BCUT2D eigenvalue weighted by Gasteiger charge is 2.33. The molecular formula is C18H13BrN2O4S2. The fourth-order valence-electron chi connectivity index (χ4n) is 2.47. The molecule has 3 rings (SSSR count). The van der Waals surface area contributed by atoms with E-state index in [0.29, 0.717) is 27.3 Å². The van der Waals surface area contributed by atoms with Crippen molar-refractivity contribution in [1.29, 1.82) is 0 Å². The van der Waals surface area contributed by atoms with Gasteiger partial charge in [-0.1, -0.05) is 39.9 Å². The first-order chi connectivity index (χ1) is 12.9. The summed E-state index contributed by atoms with van der Waals surface area (Å²) < 4.78 is 6.85. The monoisotopic (exact) mass is 464 g/mol. The van der Waals surface area contributed by atoms with Crippen LogP contribution in [0.2, 0.25) is 0 Å². The number of amides is 1. The Morgan fingerprint density at radius 2 is 2.00 bits per heavy atom. The van der Waals surface area contributed by atoms with Crippen LogP contribution in [-0.4, -0.2) is 21.8 Å². The predicted molar refractivity (Wildman–Crippen MR) is 114 cm³/mol. The molecule has 1 heterocycles. The summed E-state index contributed by atoms with van der Waals surface area (Å²) >= 11 is 9.94. The van der Waals surface area contributed by atoms with E-state index >= 15 is 0 Å². The molecule has 0 saturated carbocycles. The van der Waals surface area contributed by atoms with E-state index in [1.165, 1.54) is 40.9 Å². The molecule has 1 aliphatic heterocycles. The molecule has 0 radical (unpaired) electrons. The summed E-state index contributed by atoms with van der Waals surface area (Å²) in [5, 5.41) is 10.8. The molecule has 27 heavy (non-hydrogen) atoms. The lowest BCUT2D eigenvalue weighted by Crippen LogP contribution is -2.27. The van der Waals surface area contributed by atoms with E-state index in [4.69, 9.17) is 17.0 Å². The van der Waals surface area contributed by atoms with Crippen molar-refractivity contribution in [3.63, 3.8) is 0 Å². The van der Waals surface area contributed by atoms with Crippen molar-refractivity contribution in [2.24, 2.45) is 0 Å². The number of nitro groups is 1. The smallest absolute Gasteiger partial charge is 0.270 e. The highest BCUT2D eigenvalue weighted by molar-refractivity contribution is 9.10. The number of non-ortho nitro benzene ring substituents is 1. The SMILES string of the molecule is CCOc1ccc(Br)cc1/C=C1\SC(=S)N(c2ccc([N+](=O)[O-])cc2)C1=O. The Balaban J connectivity index is 1.93. The van der Waals surface area contributed by atoms with Crippen molar-refractivity contribution in [1.82, 2.24) is 0 Å². The molecule has 2 aromatic carbocycles. The highest BCUT2D eigenvalue weighted by atomic mass is 79.9. The summed E-state index contributed by atoms with van der Waals surface area (Å²) in [7, 11) is 0. The molecule has 1 amide bonds. The van der Waals surface area contributed by atoms with Gasteiger partial charge in [0.1, 0.15) is 5.75 Å². The molecule has 0 N–H and O–H groups in total. The third-order valence-corrected chi connectivity index (χ3v) is 5.47. The fraction of sp³-hybridized carbons (Fsp3) is 0.111. The number of carbonyl (C=O) groups is 1. The van der Waals surface area contributed by atoms with Gasteiger partial charge in [-0.2, -0.15) is 0 Å². The van der Waals surface area contributed by atoms with Gasteiger partial charge in [0.2, 0.25) is 0 Å². The van der Waals surface area contributed by atoms with Crippen LogP contribution in [0, 0.1) is 10.1 Å². The second-order valence-electron chi connectivity index (χ2n) is 5.41. The molecule has 2 aromatic rings. The van der Waals surface area contributed by atoms with Crippen LogP contribution in [0.3, 0.4) is 0 Å². The van der Waals surface area contributed by atoms with Gasteiger partial charge in [-0.15, -0.1) is 0 Å². The molecule has 0 aromatic heterocycles. The number of ether oxygens (including phenoxy) is 1. The Morgan fingerprint density at radius 3 is 2.63 bits per heavy atom. The van der Waals surface area contributed by atoms with Crippen molar-refractivity contribution in [2.45, 2.75) is 6.92 Å². The Kier molecular flexibility index (Phi) is 5.93. The number of rotatable bonds is 5. The zero-order chi connectivity index (χ0) is 19.6. The van der Waals surface area contributed by atoms with Crippen molar-refractivity contribution in [2.75, 3.05) is 11.5 Å². The van der Waals surface area contributed by atoms with Gasteiger partial charge in [0.05, 0.1) is 22.1 Å². The molecule has 138 valence electrons. The van der Waals surface area contributed by atoms with Crippen molar-refractivity contribution < 1.29 is 14.5 Å². The summed E-state index contributed by atoms with van der Waals surface area (Å²) in [4.78, 5) is 25.0. The topological polar surface area (TPSA) is 72.7 Å². The minimum absolute atomic E-state index is 0.0461. The number of thiocarbonyl (C=S) groups is 1. The number of carbonyl (C=O) groups excluding carboxylic acids is 1. The summed E-state index contributed by atoms with van der Waals surface area (Å²) in [5.74, 6) is 0.391. The Labute approximate surface area is 173 Å². The molecule has 1 aliphatic rings. The number of anilines is 1. The summed E-state index contributed by atoms with van der Waals surface area (Å²) in [6, 6.07) is 11.3. The number of halogens is 1. The second-order valence-corrected chi connectivity index (χ2v) is 8.00. The molecule has 0 unspecified atom stereocenters. The maximum atomic E-state index is 12.9. The van der Waals surface area contributed by atoms with Gasteiger partial charge in [-0.3, -0.25) is 19.8 Å². The van der Waals surface area contributed by atoms with Gasteiger partial charge in [-0.25, -0.2) is 0 Å². The largest absolute Gasteiger partial charge is 0.493 e. The number of thioether (sulfide) groups is 1. The zero-order valence-electron chi connectivity index (χ0n) is 14.0. The number of nitro benzene ring substituents is 1. The lowest BCUT2D eigenvalue weighted by Gasteiger charge is -2.14. The highest BCUT2D eigenvalue weighted by Crippen LogP contribution is 2.38. The van der Waals surface area contributed by atoms with Crippen molar-refractivity contribution >= 4 is 67.6 Å². The van der Waals surface area contributed by atoms with Crippen LogP contribution in [0.5, 0.6) is 5.75 Å². The number of nitrogens with zero attached hydrogens (tertiary/aromatic N) is 2. The summed E-state index contributed by atoms with van der Waals surface area (Å²) in [6.07, 6.45) is 1.74. The number of hydrogen-bond donors (Lipinski definition) is 0. The van der Waals surface area contributed by atoms with Gasteiger partial charge < -0.3 is 4.74 Å². The van der Waals surface area contributed by atoms with Gasteiger partial charge >= 0.3 is 0 Å². The van der Waals surface area contributed by atoms with Crippen molar-refractivity contribution in [3.05, 3.63) is 67.5 Å². The van der Waals surface area contributed by atoms with Crippen LogP contribution < -0.4 is 9.64 Å². The van der Waals surface area contributed by atoms with E-state index in [9.17, 15) is 14.9 Å². The zero-order valence-corrected chi connectivity index (χ0v) is 17.3. The Hall–Kier alpha value is -2.23. The third-order valence-electron chi connectivity index (χ3n) is 3.67. The van der Waals surface area contributed by atoms with Crippen LogP contribution >= 0.6 is 39.9 Å². The molecule has 1 fully saturated rings. The molecule has 1 saturated heterocycles. The third kappa shape index (κ3) is 4.20. The normalized spacial score (nSPS) is 15.5. The molecular weight excluding hydrogens is 452 g/mol.